The van der Waals surface area contributed by atoms with Crippen LogP contribution >= 0.6 is 23.3 Å². The maximum Gasteiger partial charge on any atom is 0.186 e. The van der Waals surface area contributed by atoms with Gasteiger partial charge in [0.15, 0.2) is 11.0 Å². The molecule has 1 aromatic heterocycles. The lowest BCUT2D eigenvalue weighted by molar-refractivity contribution is 0.00738. The van der Waals surface area contributed by atoms with Crippen LogP contribution in [-0.4, -0.2) is 28.0 Å². The van der Waals surface area contributed by atoms with Gasteiger partial charge in [-0.15, -0.1) is 0 Å². The van der Waals surface area contributed by atoms with E-state index >= 15 is 0 Å². The molecule has 1 N–H and O–H groups in total. The summed E-state index contributed by atoms with van der Waals surface area (Å²) in [7, 11) is 1.77. The molecule has 0 bridgehead atoms. The monoisotopic (exact) mass is 247 g/mol. The third-order valence-corrected chi connectivity index (χ3v) is 3.87. The van der Waals surface area contributed by atoms with Gasteiger partial charge in [0.05, 0.1) is 17.3 Å². The van der Waals surface area contributed by atoms with E-state index < -0.39 is 0 Å². The van der Waals surface area contributed by atoms with Crippen LogP contribution in [0.25, 0.3) is 0 Å². The van der Waals surface area contributed by atoms with Gasteiger partial charge in [-0.2, -0.15) is 8.75 Å². The molecule has 1 aliphatic rings. The summed E-state index contributed by atoms with van der Waals surface area (Å²) in [6.45, 7) is 0.759. The zero-order valence-corrected chi connectivity index (χ0v) is 10.2. The molecule has 0 unspecified atom stereocenters. The Labute approximate surface area is 98.3 Å². The maximum absolute atomic E-state index is 5.85. The molecular formula is C9H14ClN3OS. The van der Waals surface area contributed by atoms with Crippen molar-refractivity contribution in [1.29, 1.82) is 0 Å². The minimum Gasteiger partial charge on any atom is -0.376 e. The molecule has 0 aliphatic heterocycles. The van der Waals surface area contributed by atoms with E-state index in [0.29, 0.717) is 11.0 Å². The summed E-state index contributed by atoms with van der Waals surface area (Å²) in [5.41, 5.74) is -0.0348. The van der Waals surface area contributed by atoms with Crippen molar-refractivity contribution in [2.45, 2.75) is 31.3 Å². The summed E-state index contributed by atoms with van der Waals surface area (Å²) in [6.07, 6.45) is 4.68. The van der Waals surface area contributed by atoms with Gasteiger partial charge in [0.2, 0.25) is 0 Å². The Morgan fingerprint density at radius 1 is 1.47 bits per heavy atom. The van der Waals surface area contributed by atoms with Crippen LogP contribution in [0.3, 0.4) is 0 Å². The smallest absolute Gasteiger partial charge is 0.186 e. The first-order valence-corrected chi connectivity index (χ1v) is 6.14. The van der Waals surface area contributed by atoms with Crippen molar-refractivity contribution >= 4 is 29.1 Å². The average molecular weight is 248 g/mol. The van der Waals surface area contributed by atoms with Crippen LogP contribution in [0.2, 0.25) is 5.15 Å². The molecule has 1 saturated carbocycles. The number of nitrogens with one attached hydrogen (secondary N) is 1. The van der Waals surface area contributed by atoms with Crippen molar-refractivity contribution in [3.8, 4) is 0 Å². The predicted octanol–water partition coefficient (Wildman–Crippen LogP) is 2.56. The molecule has 1 aliphatic carbocycles. The van der Waals surface area contributed by atoms with Gasteiger partial charge in [-0.1, -0.05) is 24.4 Å². The van der Waals surface area contributed by atoms with Crippen molar-refractivity contribution < 1.29 is 4.74 Å². The lowest BCUT2D eigenvalue weighted by Crippen LogP contribution is -2.36. The standard InChI is InChI=1S/C9H14ClN3OS/c1-14-9(4-2-3-5-9)6-11-8-7(10)12-15-13-8/h2-6H2,1H3,(H,11,13). The Hall–Kier alpha value is -0.390. The molecule has 0 radical (unpaired) electrons. The van der Waals surface area contributed by atoms with Gasteiger partial charge < -0.3 is 10.1 Å². The summed E-state index contributed by atoms with van der Waals surface area (Å²) in [6, 6.07) is 0. The van der Waals surface area contributed by atoms with Gasteiger partial charge in [-0.25, -0.2) is 0 Å². The SMILES string of the molecule is COC1(CNc2nsnc2Cl)CCCC1. The van der Waals surface area contributed by atoms with E-state index in [-0.39, 0.29) is 5.60 Å². The number of hydrogen-bond donors (Lipinski definition) is 1. The quantitative estimate of drug-likeness (QED) is 0.888. The van der Waals surface area contributed by atoms with E-state index in [9.17, 15) is 0 Å². The Balaban J connectivity index is 1.94. The Morgan fingerprint density at radius 2 is 2.20 bits per heavy atom. The summed E-state index contributed by atoms with van der Waals surface area (Å²) in [5, 5.41) is 3.65. The molecular weight excluding hydrogens is 234 g/mol. The molecule has 1 heterocycles. The topological polar surface area (TPSA) is 47.0 Å². The number of anilines is 1. The minimum atomic E-state index is -0.0348. The summed E-state index contributed by atoms with van der Waals surface area (Å²) in [4.78, 5) is 0. The van der Waals surface area contributed by atoms with Crippen molar-refractivity contribution in [2.24, 2.45) is 0 Å². The van der Waals surface area contributed by atoms with Gasteiger partial charge in [-0.3, -0.25) is 0 Å². The highest BCUT2D eigenvalue weighted by Gasteiger charge is 2.33. The van der Waals surface area contributed by atoms with E-state index in [1.54, 1.807) is 7.11 Å². The molecule has 4 nitrogen and oxygen atoms in total. The van der Waals surface area contributed by atoms with Crippen LogP contribution in [0, 0.1) is 0 Å². The van der Waals surface area contributed by atoms with Crippen molar-refractivity contribution in [1.82, 2.24) is 8.75 Å². The minimum absolute atomic E-state index is 0.0348. The first-order valence-electron chi connectivity index (χ1n) is 5.03. The molecule has 15 heavy (non-hydrogen) atoms. The zero-order valence-electron chi connectivity index (χ0n) is 8.62. The van der Waals surface area contributed by atoms with Gasteiger partial charge >= 0.3 is 0 Å². The molecule has 0 amide bonds. The lowest BCUT2D eigenvalue weighted by atomic mass is 10.0. The van der Waals surface area contributed by atoms with Crippen LogP contribution in [0.1, 0.15) is 25.7 Å². The van der Waals surface area contributed by atoms with Crippen LogP contribution in [-0.2, 0) is 4.74 Å². The highest BCUT2D eigenvalue weighted by molar-refractivity contribution is 6.99. The van der Waals surface area contributed by atoms with E-state index in [1.807, 2.05) is 0 Å². The molecule has 0 atom stereocenters. The Bertz CT molecular complexity index is 325. The van der Waals surface area contributed by atoms with E-state index in [4.69, 9.17) is 16.3 Å². The highest BCUT2D eigenvalue weighted by Crippen LogP contribution is 2.33. The van der Waals surface area contributed by atoms with Gasteiger partial charge in [0, 0.05) is 13.7 Å². The molecule has 1 aromatic rings. The highest BCUT2D eigenvalue weighted by atomic mass is 35.5. The fraction of sp³-hybridized carbons (Fsp3) is 0.778. The molecule has 0 aromatic carbocycles. The molecule has 0 spiro atoms. The molecule has 84 valence electrons. The van der Waals surface area contributed by atoms with Crippen LogP contribution in [0.4, 0.5) is 5.82 Å². The maximum atomic E-state index is 5.85. The average Bonchev–Trinajstić information content (AvgIpc) is 2.85. The number of methoxy groups -OCH3 is 1. The number of hydrogen-bond acceptors (Lipinski definition) is 5. The number of ether oxygens (including phenoxy) is 1. The predicted molar refractivity (Wildman–Crippen MR) is 61.6 cm³/mol. The normalized spacial score (nSPS) is 19.3. The third-order valence-electron chi connectivity index (χ3n) is 2.97. The molecule has 0 saturated heterocycles. The van der Waals surface area contributed by atoms with E-state index in [0.717, 1.165) is 31.1 Å². The second kappa shape index (κ2) is 4.63. The second-order valence-corrected chi connectivity index (χ2v) is 4.74. The summed E-state index contributed by atoms with van der Waals surface area (Å²) >= 11 is 6.97. The Morgan fingerprint density at radius 3 is 2.73 bits per heavy atom. The number of rotatable bonds is 4. The number of nitrogens with zero attached hydrogens (tertiary/aromatic N) is 2. The largest absolute Gasteiger partial charge is 0.376 e. The van der Waals surface area contributed by atoms with Gasteiger partial charge in [-0.05, 0) is 12.8 Å². The zero-order chi connectivity index (χ0) is 10.7. The van der Waals surface area contributed by atoms with Crippen molar-refractivity contribution in [3.63, 3.8) is 0 Å². The lowest BCUT2D eigenvalue weighted by Gasteiger charge is -2.27. The fourth-order valence-corrected chi connectivity index (χ4v) is 2.68. The first kappa shape index (κ1) is 11.1. The molecule has 1 fully saturated rings. The second-order valence-electron chi connectivity index (χ2n) is 3.85. The number of halogens is 1. The van der Waals surface area contributed by atoms with Gasteiger partial charge in [0.1, 0.15) is 0 Å². The van der Waals surface area contributed by atoms with Gasteiger partial charge in [0.25, 0.3) is 0 Å². The van der Waals surface area contributed by atoms with E-state index in [2.05, 4.69) is 14.1 Å². The van der Waals surface area contributed by atoms with Crippen molar-refractivity contribution in [2.75, 3.05) is 19.0 Å². The van der Waals surface area contributed by atoms with Crippen LogP contribution in [0.15, 0.2) is 0 Å². The molecule has 2 rings (SSSR count). The summed E-state index contributed by atoms with van der Waals surface area (Å²) in [5.74, 6) is 0.671. The van der Waals surface area contributed by atoms with Crippen LogP contribution < -0.4 is 5.32 Å². The Kier molecular flexibility index (Phi) is 3.43. The molecule has 6 heteroatoms. The third kappa shape index (κ3) is 2.41. The summed E-state index contributed by atoms with van der Waals surface area (Å²) < 4.78 is 13.6. The van der Waals surface area contributed by atoms with Crippen molar-refractivity contribution in [3.05, 3.63) is 5.15 Å². The van der Waals surface area contributed by atoms with E-state index in [1.165, 1.54) is 12.8 Å². The first-order chi connectivity index (χ1) is 7.26. The fourth-order valence-electron chi connectivity index (χ4n) is 2.00. The number of aromatic nitrogens is 2. The van der Waals surface area contributed by atoms with Crippen LogP contribution in [0.5, 0.6) is 0 Å².